The molecule has 0 bridgehead atoms. The minimum Gasteiger partial charge on any atom is -0.379 e. The Balaban J connectivity index is 1.41. The molecule has 0 N–H and O–H groups in total. The molecular weight excluding hydrogens is 478 g/mol. The molecule has 0 aliphatic carbocycles. The van der Waals surface area contributed by atoms with Crippen molar-refractivity contribution in [3.8, 4) is 0 Å². The minimum absolute atomic E-state index is 0.272. The standard InChI is InChI=1S/C26H31F4N3O3/c27-23-6-2-4-21(16-23)25(34)33(8-7-31-9-12-35-13-10-31)19-24-18-32(11-14-36-24)17-20-3-1-5-22(15-20)26(28,29)30/h1-6,15-16,24H,7-14,17-19H2. The van der Waals surface area contributed by atoms with Gasteiger partial charge in [-0.25, -0.2) is 4.39 Å². The van der Waals surface area contributed by atoms with Gasteiger partial charge in [-0.1, -0.05) is 24.3 Å². The average Bonchev–Trinajstić information content (AvgIpc) is 2.87. The van der Waals surface area contributed by atoms with E-state index >= 15 is 0 Å². The third-order valence-electron chi connectivity index (χ3n) is 6.46. The second-order valence-corrected chi connectivity index (χ2v) is 9.14. The summed E-state index contributed by atoms with van der Waals surface area (Å²) in [6.45, 7) is 6.10. The molecule has 10 heteroatoms. The largest absolute Gasteiger partial charge is 0.416 e. The predicted molar refractivity (Wildman–Crippen MR) is 126 cm³/mol. The first-order valence-corrected chi connectivity index (χ1v) is 12.1. The summed E-state index contributed by atoms with van der Waals surface area (Å²) < 4.78 is 64.4. The summed E-state index contributed by atoms with van der Waals surface area (Å²) >= 11 is 0. The van der Waals surface area contributed by atoms with E-state index in [9.17, 15) is 22.4 Å². The third kappa shape index (κ3) is 7.49. The zero-order valence-electron chi connectivity index (χ0n) is 20.1. The van der Waals surface area contributed by atoms with Crippen LogP contribution in [0.1, 0.15) is 21.5 Å². The number of ether oxygens (including phenoxy) is 2. The highest BCUT2D eigenvalue weighted by molar-refractivity contribution is 5.94. The number of alkyl halides is 3. The minimum atomic E-state index is -4.39. The molecule has 2 fully saturated rings. The van der Waals surface area contributed by atoms with Crippen molar-refractivity contribution in [1.29, 1.82) is 0 Å². The molecular formula is C26H31F4N3O3. The van der Waals surface area contributed by atoms with Crippen molar-refractivity contribution in [1.82, 2.24) is 14.7 Å². The lowest BCUT2D eigenvalue weighted by atomic mass is 10.1. The molecule has 2 saturated heterocycles. The molecule has 1 unspecified atom stereocenters. The Kier molecular flexibility index (Phi) is 8.95. The lowest BCUT2D eigenvalue weighted by molar-refractivity contribution is -0.137. The zero-order chi connectivity index (χ0) is 25.5. The van der Waals surface area contributed by atoms with Gasteiger partial charge in [0.05, 0.1) is 31.5 Å². The van der Waals surface area contributed by atoms with E-state index in [-0.39, 0.29) is 17.6 Å². The van der Waals surface area contributed by atoms with Gasteiger partial charge in [-0.2, -0.15) is 13.2 Å². The van der Waals surface area contributed by atoms with E-state index in [1.165, 1.54) is 30.3 Å². The number of hydrogen-bond acceptors (Lipinski definition) is 5. The molecule has 36 heavy (non-hydrogen) atoms. The van der Waals surface area contributed by atoms with Crippen LogP contribution in [0.2, 0.25) is 0 Å². The molecule has 2 heterocycles. The van der Waals surface area contributed by atoms with Crippen molar-refractivity contribution in [3.63, 3.8) is 0 Å². The smallest absolute Gasteiger partial charge is 0.379 e. The van der Waals surface area contributed by atoms with Crippen LogP contribution in [0.15, 0.2) is 48.5 Å². The van der Waals surface area contributed by atoms with E-state index in [0.717, 1.165) is 19.2 Å². The lowest BCUT2D eigenvalue weighted by Crippen LogP contribution is -2.50. The van der Waals surface area contributed by atoms with Crippen LogP contribution in [-0.2, 0) is 22.2 Å². The Morgan fingerprint density at radius 3 is 2.50 bits per heavy atom. The van der Waals surface area contributed by atoms with Crippen LogP contribution >= 0.6 is 0 Å². The van der Waals surface area contributed by atoms with Gasteiger partial charge in [0, 0.05) is 57.9 Å². The van der Waals surface area contributed by atoms with Crippen LogP contribution in [0.4, 0.5) is 17.6 Å². The van der Waals surface area contributed by atoms with Crippen molar-refractivity contribution in [3.05, 3.63) is 71.0 Å². The highest BCUT2D eigenvalue weighted by Crippen LogP contribution is 2.30. The predicted octanol–water partition coefficient (Wildman–Crippen LogP) is 3.52. The summed E-state index contributed by atoms with van der Waals surface area (Å²) in [5.41, 5.74) is 0.180. The Morgan fingerprint density at radius 1 is 1.00 bits per heavy atom. The van der Waals surface area contributed by atoms with E-state index in [0.29, 0.717) is 64.7 Å². The van der Waals surface area contributed by atoms with Gasteiger partial charge in [0.15, 0.2) is 0 Å². The molecule has 0 radical (unpaired) electrons. The number of hydrogen-bond donors (Lipinski definition) is 0. The maximum Gasteiger partial charge on any atom is 0.416 e. The van der Waals surface area contributed by atoms with Gasteiger partial charge in [-0.3, -0.25) is 14.6 Å². The number of nitrogens with zero attached hydrogens (tertiary/aromatic N) is 3. The molecule has 2 aliphatic rings. The average molecular weight is 510 g/mol. The van der Waals surface area contributed by atoms with Gasteiger partial charge in [0.2, 0.25) is 0 Å². The fourth-order valence-corrected chi connectivity index (χ4v) is 4.55. The van der Waals surface area contributed by atoms with Gasteiger partial charge < -0.3 is 14.4 Å². The highest BCUT2D eigenvalue weighted by Gasteiger charge is 2.31. The highest BCUT2D eigenvalue weighted by atomic mass is 19.4. The van der Waals surface area contributed by atoms with Crippen molar-refractivity contribution in [2.45, 2.75) is 18.8 Å². The Labute approximate surface area is 208 Å². The molecule has 0 aromatic heterocycles. The van der Waals surface area contributed by atoms with E-state index in [4.69, 9.17) is 9.47 Å². The Morgan fingerprint density at radius 2 is 1.75 bits per heavy atom. The van der Waals surface area contributed by atoms with E-state index in [2.05, 4.69) is 4.90 Å². The first kappa shape index (κ1) is 26.5. The number of amides is 1. The summed E-state index contributed by atoms with van der Waals surface area (Å²) in [6.07, 6.45) is -4.70. The number of halogens is 4. The third-order valence-corrected chi connectivity index (χ3v) is 6.46. The fourth-order valence-electron chi connectivity index (χ4n) is 4.55. The maximum atomic E-state index is 13.8. The van der Waals surface area contributed by atoms with Gasteiger partial charge >= 0.3 is 6.18 Å². The summed E-state index contributed by atoms with van der Waals surface area (Å²) in [4.78, 5) is 19.2. The van der Waals surface area contributed by atoms with Crippen LogP contribution in [0, 0.1) is 5.82 Å². The monoisotopic (exact) mass is 509 g/mol. The SMILES string of the molecule is O=C(c1cccc(F)c1)N(CCN1CCOCC1)CC1CN(Cc2cccc(C(F)(F)F)c2)CCO1. The number of benzene rings is 2. The second-order valence-electron chi connectivity index (χ2n) is 9.14. The molecule has 2 aromatic carbocycles. The number of carbonyl (C=O) groups is 1. The summed E-state index contributed by atoms with van der Waals surface area (Å²) in [5, 5.41) is 0. The quantitative estimate of drug-likeness (QED) is 0.510. The molecule has 0 spiro atoms. The number of morpholine rings is 2. The van der Waals surface area contributed by atoms with Crippen molar-refractivity contribution >= 4 is 5.91 Å². The zero-order valence-corrected chi connectivity index (χ0v) is 20.1. The number of rotatable bonds is 8. The lowest BCUT2D eigenvalue weighted by Gasteiger charge is -2.37. The van der Waals surface area contributed by atoms with E-state index < -0.39 is 17.6 Å². The fraction of sp³-hybridized carbons (Fsp3) is 0.500. The van der Waals surface area contributed by atoms with Gasteiger partial charge in [-0.05, 0) is 29.8 Å². The normalized spacial score (nSPS) is 19.8. The molecule has 2 aromatic rings. The van der Waals surface area contributed by atoms with Gasteiger partial charge in [0.25, 0.3) is 5.91 Å². The first-order chi connectivity index (χ1) is 17.3. The van der Waals surface area contributed by atoms with Crippen molar-refractivity contribution in [2.24, 2.45) is 0 Å². The summed E-state index contributed by atoms with van der Waals surface area (Å²) in [5.74, 6) is -0.753. The van der Waals surface area contributed by atoms with Crippen LogP contribution in [0.3, 0.4) is 0 Å². The Hall–Kier alpha value is -2.53. The van der Waals surface area contributed by atoms with E-state index in [1.54, 1.807) is 17.0 Å². The van der Waals surface area contributed by atoms with Gasteiger partial charge in [-0.15, -0.1) is 0 Å². The molecule has 0 saturated carbocycles. The Bertz CT molecular complexity index is 1010. The van der Waals surface area contributed by atoms with Crippen LogP contribution in [0.5, 0.6) is 0 Å². The van der Waals surface area contributed by atoms with Crippen LogP contribution in [0.25, 0.3) is 0 Å². The molecule has 196 valence electrons. The molecule has 2 aliphatic heterocycles. The molecule has 1 atom stereocenters. The van der Waals surface area contributed by atoms with Crippen LogP contribution < -0.4 is 0 Å². The van der Waals surface area contributed by atoms with Crippen LogP contribution in [-0.4, -0.2) is 92.3 Å². The second kappa shape index (κ2) is 12.1. The van der Waals surface area contributed by atoms with E-state index in [1.807, 2.05) is 4.90 Å². The molecule has 4 rings (SSSR count). The maximum absolute atomic E-state index is 13.8. The van der Waals surface area contributed by atoms with Crippen molar-refractivity contribution in [2.75, 3.05) is 65.6 Å². The first-order valence-electron chi connectivity index (χ1n) is 12.1. The molecule has 6 nitrogen and oxygen atoms in total. The topological polar surface area (TPSA) is 45.2 Å². The summed E-state index contributed by atoms with van der Waals surface area (Å²) in [7, 11) is 0. The number of carbonyl (C=O) groups excluding carboxylic acids is 1. The van der Waals surface area contributed by atoms with Gasteiger partial charge in [0.1, 0.15) is 5.82 Å². The van der Waals surface area contributed by atoms with Crippen molar-refractivity contribution < 1.29 is 31.8 Å². The molecule has 1 amide bonds. The summed E-state index contributed by atoms with van der Waals surface area (Å²) in [6, 6.07) is 11.0.